The van der Waals surface area contributed by atoms with Crippen LogP contribution >= 0.6 is 11.6 Å². The van der Waals surface area contributed by atoms with Gasteiger partial charge >= 0.3 is 0 Å². The van der Waals surface area contributed by atoms with Gasteiger partial charge in [0.05, 0.1) is 6.54 Å². The Morgan fingerprint density at radius 3 is 3.00 bits per heavy atom. The van der Waals surface area contributed by atoms with Crippen LogP contribution in [0.5, 0.6) is 0 Å². The van der Waals surface area contributed by atoms with Crippen LogP contribution in [0.4, 0.5) is 5.82 Å². The van der Waals surface area contributed by atoms with E-state index in [4.69, 9.17) is 16.1 Å². The van der Waals surface area contributed by atoms with Crippen LogP contribution < -0.4 is 9.80 Å². The quantitative estimate of drug-likeness (QED) is 0.917. The number of halogens is 1. The highest BCUT2D eigenvalue weighted by molar-refractivity contribution is 6.30. The summed E-state index contributed by atoms with van der Waals surface area (Å²) in [5.74, 6) is 1.43. The predicted molar refractivity (Wildman–Crippen MR) is 81.8 cm³/mol. The zero-order chi connectivity index (χ0) is 15.3. The summed E-state index contributed by atoms with van der Waals surface area (Å²) < 4.78 is 5.18. The van der Waals surface area contributed by atoms with Crippen molar-refractivity contribution in [2.45, 2.75) is 32.0 Å². The van der Waals surface area contributed by atoms with Gasteiger partial charge in [-0.25, -0.2) is 4.90 Å². The lowest BCUT2D eigenvalue weighted by Gasteiger charge is -2.24. The van der Waals surface area contributed by atoms with Crippen LogP contribution in [-0.2, 0) is 4.79 Å². The van der Waals surface area contributed by atoms with E-state index in [1.165, 1.54) is 4.90 Å². The molecule has 0 radical (unpaired) electrons. The molecule has 4 rings (SSSR count). The molecule has 2 aliphatic heterocycles. The third-order valence-electron chi connectivity index (χ3n) is 4.58. The first kappa shape index (κ1) is 13.8. The van der Waals surface area contributed by atoms with E-state index in [-0.39, 0.29) is 18.1 Å². The van der Waals surface area contributed by atoms with Gasteiger partial charge in [-0.3, -0.25) is 4.79 Å². The van der Waals surface area contributed by atoms with E-state index < -0.39 is 0 Å². The Kier molecular flexibility index (Phi) is 3.20. The van der Waals surface area contributed by atoms with Crippen molar-refractivity contribution in [2.75, 3.05) is 11.4 Å². The van der Waals surface area contributed by atoms with Gasteiger partial charge in [-0.1, -0.05) is 28.9 Å². The number of nitrogens with one attached hydrogen (secondary N) is 1. The van der Waals surface area contributed by atoms with Crippen LogP contribution in [0.15, 0.2) is 34.9 Å². The second kappa shape index (κ2) is 5.11. The SMILES string of the molecule is Cc1cc(N2C(=O)C3CCC[NH+]3C2c2cccc(Cl)c2)no1. The molecule has 1 aromatic carbocycles. The molecule has 0 aliphatic carbocycles. The minimum absolute atomic E-state index is 0.0148. The predicted octanol–water partition coefficient (Wildman–Crippen LogP) is 1.73. The van der Waals surface area contributed by atoms with Crippen LogP contribution in [0, 0.1) is 6.92 Å². The third kappa shape index (κ3) is 2.04. The first-order chi connectivity index (χ1) is 10.6. The van der Waals surface area contributed by atoms with E-state index in [1.807, 2.05) is 37.3 Å². The molecule has 1 amide bonds. The van der Waals surface area contributed by atoms with Gasteiger partial charge in [-0.15, -0.1) is 0 Å². The van der Waals surface area contributed by atoms with Crippen LogP contribution in [0.3, 0.4) is 0 Å². The zero-order valence-electron chi connectivity index (χ0n) is 12.3. The van der Waals surface area contributed by atoms with Crippen molar-refractivity contribution < 1.29 is 14.2 Å². The molecule has 2 aromatic rings. The molecule has 3 heterocycles. The molecule has 2 aliphatic rings. The maximum absolute atomic E-state index is 12.9. The number of benzene rings is 1. The number of quaternary nitrogens is 1. The fraction of sp³-hybridized carbons (Fsp3) is 0.375. The number of aryl methyl sites for hydroxylation is 1. The Morgan fingerprint density at radius 2 is 2.27 bits per heavy atom. The van der Waals surface area contributed by atoms with Crippen molar-refractivity contribution in [1.82, 2.24) is 5.16 Å². The number of nitrogens with zero attached hydrogens (tertiary/aromatic N) is 2. The maximum atomic E-state index is 12.9. The van der Waals surface area contributed by atoms with E-state index in [2.05, 4.69) is 5.16 Å². The lowest BCUT2D eigenvalue weighted by molar-refractivity contribution is -0.924. The summed E-state index contributed by atoms with van der Waals surface area (Å²) in [6, 6.07) is 9.57. The topological polar surface area (TPSA) is 50.8 Å². The summed E-state index contributed by atoms with van der Waals surface area (Å²) in [4.78, 5) is 15.9. The average Bonchev–Trinajstić information content (AvgIpc) is 3.16. The molecule has 2 fully saturated rings. The van der Waals surface area contributed by atoms with Crippen LogP contribution in [-0.4, -0.2) is 23.7 Å². The first-order valence-corrected chi connectivity index (χ1v) is 7.90. The number of aromatic nitrogens is 1. The number of hydrogen-bond donors (Lipinski definition) is 1. The molecule has 2 saturated heterocycles. The minimum atomic E-state index is -0.0804. The second-order valence-corrected chi connectivity index (χ2v) is 6.42. The molecule has 5 nitrogen and oxygen atoms in total. The van der Waals surface area contributed by atoms with Gasteiger partial charge in [0, 0.05) is 29.5 Å². The molecule has 22 heavy (non-hydrogen) atoms. The standard InChI is InChI=1S/C16H16ClN3O2/c1-10-8-14(18-22-10)20-15(11-4-2-5-12(17)9-11)19-7-3-6-13(19)16(20)21/h2,4-5,8-9,13,15H,3,6-7H2,1H3/p+1. The van der Waals surface area contributed by atoms with Crippen molar-refractivity contribution in [2.24, 2.45) is 0 Å². The van der Waals surface area contributed by atoms with E-state index in [0.717, 1.165) is 24.9 Å². The summed E-state index contributed by atoms with van der Waals surface area (Å²) in [6.07, 6.45) is 1.93. The Morgan fingerprint density at radius 1 is 1.41 bits per heavy atom. The normalized spacial score (nSPS) is 27.5. The minimum Gasteiger partial charge on any atom is -0.360 e. The third-order valence-corrected chi connectivity index (χ3v) is 4.81. The van der Waals surface area contributed by atoms with Gasteiger partial charge in [-0.05, 0) is 19.1 Å². The molecular weight excluding hydrogens is 302 g/mol. The lowest BCUT2D eigenvalue weighted by Crippen LogP contribution is -3.12. The lowest BCUT2D eigenvalue weighted by atomic mass is 10.1. The van der Waals surface area contributed by atoms with Crippen LogP contribution in [0.1, 0.15) is 30.3 Å². The number of carbonyl (C=O) groups is 1. The Labute approximate surface area is 133 Å². The van der Waals surface area contributed by atoms with E-state index in [0.29, 0.717) is 16.6 Å². The van der Waals surface area contributed by atoms with E-state index in [9.17, 15) is 4.79 Å². The fourth-order valence-corrected chi connectivity index (χ4v) is 3.89. The Bertz CT molecular complexity index is 730. The first-order valence-electron chi connectivity index (χ1n) is 7.52. The summed E-state index contributed by atoms with van der Waals surface area (Å²) in [6.45, 7) is 2.82. The molecule has 6 heteroatoms. The molecule has 1 N–H and O–H groups in total. The number of anilines is 1. The Balaban J connectivity index is 1.82. The van der Waals surface area contributed by atoms with Crippen LogP contribution in [0.25, 0.3) is 0 Å². The van der Waals surface area contributed by atoms with Gasteiger partial charge < -0.3 is 9.42 Å². The van der Waals surface area contributed by atoms with Gasteiger partial charge in [0.25, 0.3) is 5.91 Å². The largest absolute Gasteiger partial charge is 0.360 e. The van der Waals surface area contributed by atoms with Gasteiger partial charge in [0.15, 0.2) is 18.0 Å². The summed E-state index contributed by atoms with van der Waals surface area (Å²) in [7, 11) is 0. The van der Waals surface area contributed by atoms with Gasteiger partial charge in [0.1, 0.15) is 5.76 Å². The molecule has 114 valence electrons. The number of carbonyl (C=O) groups excluding carboxylic acids is 1. The highest BCUT2D eigenvalue weighted by Crippen LogP contribution is 2.31. The Hall–Kier alpha value is -1.85. The number of rotatable bonds is 2. The summed E-state index contributed by atoms with van der Waals surface area (Å²) in [5, 5.41) is 4.74. The average molecular weight is 319 g/mol. The van der Waals surface area contributed by atoms with Gasteiger partial charge in [0.2, 0.25) is 0 Å². The van der Waals surface area contributed by atoms with Crippen molar-refractivity contribution in [1.29, 1.82) is 0 Å². The van der Waals surface area contributed by atoms with Crippen molar-refractivity contribution in [3.05, 3.63) is 46.7 Å². The molecular formula is C16H17ClN3O2+. The van der Waals surface area contributed by atoms with Crippen molar-refractivity contribution >= 4 is 23.3 Å². The summed E-state index contributed by atoms with van der Waals surface area (Å²) in [5.41, 5.74) is 1.04. The molecule has 0 saturated carbocycles. The number of hydrogen-bond acceptors (Lipinski definition) is 3. The zero-order valence-corrected chi connectivity index (χ0v) is 13.0. The highest BCUT2D eigenvalue weighted by Gasteiger charge is 2.54. The molecule has 0 bridgehead atoms. The summed E-state index contributed by atoms with van der Waals surface area (Å²) >= 11 is 6.15. The fourth-order valence-electron chi connectivity index (χ4n) is 3.69. The molecule has 1 aromatic heterocycles. The van der Waals surface area contributed by atoms with Gasteiger partial charge in [-0.2, -0.15) is 0 Å². The number of amides is 1. The number of fused-ring (bicyclic) bond motifs is 1. The van der Waals surface area contributed by atoms with Crippen molar-refractivity contribution in [3.63, 3.8) is 0 Å². The molecule has 0 spiro atoms. The van der Waals surface area contributed by atoms with Crippen LogP contribution in [0.2, 0.25) is 5.02 Å². The smallest absolute Gasteiger partial charge is 0.291 e. The highest BCUT2D eigenvalue weighted by atomic mass is 35.5. The maximum Gasteiger partial charge on any atom is 0.291 e. The van der Waals surface area contributed by atoms with E-state index >= 15 is 0 Å². The van der Waals surface area contributed by atoms with E-state index in [1.54, 1.807) is 4.90 Å². The second-order valence-electron chi connectivity index (χ2n) is 5.98. The monoisotopic (exact) mass is 318 g/mol. The molecule has 3 unspecified atom stereocenters. The molecule has 3 atom stereocenters. The van der Waals surface area contributed by atoms with Crippen molar-refractivity contribution in [3.8, 4) is 0 Å².